The molecular weight excluding hydrogens is 1240 g/mol. The maximum Gasteiger partial charge on any atom is 0.326 e. The molecule has 0 aliphatic rings. The van der Waals surface area contributed by atoms with Crippen LogP contribution in [-0.2, 0) is 62.4 Å². The molecule has 0 unspecified atom stereocenters. The number of para-hydroxylation sites is 2. The second kappa shape index (κ2) is 38.6. The molecule has 522 valence electrons. The largest absolute Gasteiger partial charge is 0.508 e. The number of nitrogens with zero attached hydrogens (tertiary/aromatic N) is 3. The van der Waals surface area contributed by atoms with Gasteiger partial charge < -0.3 is 114 Å². The lowest BCUT2D eigenvalue weighted by Crippen LogP contribution is -2.61. The number of carboxylic acid groups (broad SMARTS) is 1. The fourth-order valence-electron chi connectivity index (χ4n) is 10.4. The van der Waals surface area contributed by atoms with Gasteiger partial charge in [0.15, 0.2) is 17.9 Å². The Morgan fingerprint density at radius 3 is 1.31 bits per heavy atom. The van der Waals surface area contributed by atoms with Gasteiger partial charge in [-0.3, -0.25) is 53.3 Å². The molecule has 33 heteroatoms. The van der Waals surface area contributed by atoms with Crippen LogP contribution in [0.2, 0.25) is 0 Å². The molecule has 8 amide bonds. The van der Waals surface area contributed by atoms with Crippen LogP contribution in [0.5, 0.6) is 5.75 Å². The predicted molar refractivity (Wildman–Crippen MR) is 361 cm³/mol. The summed E-state index contributed by atoms with van der Waals surface area (Å²) in [7, 11) is 0. The first-order chi connectivity index (χ1) is 45.8. The van der Waals surface area contributed by atoms with Crippen molar-refractivity contribution in [3.05, 3.63) is 102 Å². The van der Waals surface area contributed by atoms with E-state index in [1.54, 1.807) is 50.5 Å². The number of aliphatic carboxylic acids is 1. The Hall–Kier alpha value is -10.5. The predicted octanol–water partition coefficient (Wildman–Crippen LogP) is -3.39. The monoisotopic (exact) mass is 1340 g/mol. The van der Waals surface area contributed by atoms with Gasteiger partial charge in [0.2, 0.25) is 47.3 Å². The first-order valence-corrected chi connectivity index (χ1v) is 31.5. The van der Waals surface area contributed by atoms with Crippen molar-refractivity contribution in [1.82, 2.24) is 52.5 Å². The number of aliphatic hydroxyl groups excluding tert-OH is 1. The normalized spacial score (nSPS) is 14.0. The van der Waals surface area contributed by atoms with Crippen LogP contribution in [-0.4, -0.2) is 184 Å². The van der Waals surface area contributed by atoms with E-state index in [1.807, 2.05) is 24.3 Å². The van der Waals surface area contributed by atoms with E-state index in [1.165, 1.54) is 24.3 Å². The molecular formula is C63H93N21O12. The topological polar surface area (TPSA) is 587 Å². The molecule has 9 atom stereocenters. The van der Waals surface area contributed by atoms with Gasteiger partial charge in [0.1, 0.15) is 54.1 Å². The van der Waals surface area contributed by atoms with Gasteiger partial charge in [0.05, 0.1) is 12.6 Å². The highest BCUT2D eigenvalue weighted by atomic mass is 16.4. The number of carbonyl (C=O) groups is 9. The fourth-order valence-corrected chi connectivity index (χ4v) is 10.4. The second-order valence-corrected chi connectivity index (χ2v) is 23.4. The number of aromatic hydroxyl groups is 1. The maximum absolute atomic E-state index is 14.7. The lowest BCUT2D eigenvalue weighted by Gasteiger charge is -2.29. The Labute approximate surface area is 554 Å². The number of aromatic amines is 2. The molecule has 0 aliphatic heterocycles. The summed E-state index contributed by atoms with van der Waals surface area (Å²) in [5, 5.41) is 53.4. The number of aromatic nitrogens is 2. The molecule has 5 rings (SSSR count). The summed E-state index contributed by atoms with van der Waals surface area (Å²) >= 11 is 0. The molecule has 0 radical (unpaired) electrons. The van der Waals surface area contributed by atoms with Crippen molar-refractivity contribution in [3.63, 3.8) is 0 Å². The number of phenolic OH excluding ortho intramolecular Hbond substituents is 1. The Balaban J connectivity index is 1.39. The lowest BCUT2D eigenvalue weighted by molar-refractivity contribution is -0.142. The number of hydrogen-bond acceptors (Lipinski definition) is 16. The Morgan fingerprint density at radius 2 is 0.844 bits per heavy atom. The van der Waals surface area contributed by atoms with Gasteiger partial charge >= 0.3 is 5.97 Å². The number of unbranched alkanes of at least 4 members (excludes halogenated alkanes) is 1. The van der Waals surface area contributed by atoms with Gasteiger partial charge in [0.25, 0.3) is 0 Å². The van der Waals surface area contributed by atoms with E-state index in [9.17, 15) is 58.5 Å². The SMILES string of the molecule is CC(C)[C@H](NC(=O)[C@H](Cc1ccc(O)cc1)NC(=O)[C@H](CO)NC(=O)[C@H](CCCCN)NC(=O)[C@@H](N)Cc1c[nH]c2ccccc12)C(=O)N[C@@H](CCCN=C(N)N)C(=O)N[C@@H](CCCN=C(N)N)C(=O)N[C@@H](Cc1c[nH]c2ccccc12)C(=O)N[C@@H](CCCN=C(N)N)C(=O)O. The molecule has 0 spiro atoms. The van der Waals surface area contributed by atoms with Gasteiger partial charge in [-0.15, -0.1) is 0 Å². The number of carboxylic acids is 1. The van der Waals surface area contributed by atoms with E-state index in [2.05, 4.69) is 67.5 Å². The number of fused-ring (bicyclic) bond motifs is 2. The van der Waals surface area contributed by atoms with E-state index in [0.717, 1.165) is 16.5 Å². The number of benzene rings is 3. The summed E-state index contributed by atoms with van der Waals surface area (Å²) in [5.74, 6) is -10.1. The molecule has 96 heavy (non-hydrogen) atoms. The van der Waals surface area contributed by atoms with Crippen LogP contribution in [0.3, 0.4) is 0 Å². The van der Waals surface area contributed by atoms with Gasteiger partial charge in [-0.25, -0.2) is 4.79 Å². The number of phenols is 1. The van der Waals surface area contributed by atoms with Gasteiger partial charge in [-0.2, -0.15) is 0 Å². The van der Waals surface area contributed by atoms with Crippen molar-refractivity contribution in [1.29, 1.82) is 0 Å². The highest BCUT2D eigenvalue weighted by Gasteiger charge is 2.36. The van der Waals surface area contributed by atoms with Crippen molar-refractivity contribution in [2.75, 3.05) is 32.8 Å². The highest BCUT2D eigenvalue weighted by Crippen LogP contribution is 2.22. The van der Waals surface area contributed by atoms with Gasteiger partial charge in [0, 0.05) is 66.7 Å². The molecule has 0 saturated heterocycles. The molecule has 2 aromatic heterocycles. The zero-order valence-electron chi connectivity index (χ0n) is 53.9. The number of guanidine groups is 3. The molecule has 29 N–H and O–H groups in total. The zero-order chi connectivity index (χ0) is 70.4. The second-order valence-electron chi connectivity index (χ2n) is 23.4. The van der Waals surface area contributed by atoms with Crippen LogP contribution in [0.25, 0.3) is 21.8 Å². The first-order valence-electron chi connectivity index (χ1n) is 31.5. The van der Waals surface area contributed by atoms with E-state index >= 15 is 0 Å². The highest BCUT2D eigenvalue weighted by molar-refractivity contribution is 5.99. The van der Waals surface area contributed by atoms with Crippen molar-refractivity contribution in [2.45, 2.75) is 145 Å². The summed E-state index contributed by atoms with van der Waals surface area (Å²) < 4.78 is 0. The van der Waals surface area contributed by atoms with Gasteiger partial charge in [-0.1, -0.05) is 62.4 Å². The third-order valence-electron chi connectivity index (χ3n) is 15.6. The average molecular weight is 1340 g/mol. The number of nitrogens with two attached hydrogens (primary N) is 8. The Kier molecular flexibility index (Phi) is 30.6. The summed E-state index contributed by atoms with van der Waals surface area (Å²) in [6.07, 6.45) is 3.90. The minimum absolute atomic E-state index is 0.0151. The third kappa shape index (κ3) is 24.7. The lowest BCUT2D eigenvalue weighted by atomic mass is 9.99. The molecule has 0 bridgehead atoms. The van der Waals surface area contributed by atoms with Crippen molar-refractivity contribution >= 4 is 92.9 Å². The number of hydrogen-bond donors (Lipinski definition) is 21. The maximum atomic E-state index is 14.7. The number of H-pyrrole nitrogens is 2. The van der Waals surface area contributed by atoms with Crippen LogP contribution in [0, 0.1) is 5.92 Å². The number of amides is 8. The van der Waals surface area contributed by atoms with Gasteiger partial charge in [-0.05, 0) is 118 Å². The van der Waals surface area contributed by atoms with Crippen LogP contribution in [0.4, 0.5) is 0 Å². The van der Waals surface area contributed by atoms with Crippen molar-refractivity contribution in [3.8, 4) is 5.75 Å². The molecule has 5 aromatic rings. The quantitative estimate of drug-likeness (QED) is 0.0103. The minimum Gasteiger partial charge on any atom is -0.508 e. The smallest absolute Gasteiger partial charge is 0.326 e. The Morgan fingerprint density at radius 1 is 0.458 bits per heavy atom. The van der Waals surface area contributed by atoms with Crippen molar-refractivity contribution in [2.24, 2.45) is 66.8 Å². The van der Waals surface area contributed by atoms with Crippen LogP contribution in [0.15, 0.2) is 100 Å². The van der Waals surface area contributed by atoms with E-state index in [-0.39, 0.29) is 114 Å². The van der Waals surface area contributed by atoms with Crippen LogP contribution >= 0.6 is 0 Å². The van der Waals surface area contributed by atoms with Crippen molar-refractivity contribution < 1.29 is 58.5 Å². The molecule has 2 heterocycles. The molecule has 3 aromatic carbocycles. The summed E-state index contributed by atoms with van der Waals surface area (Å²) in [6, 6.07) is 7.33. The van der Waals surface area contributed by atoms with E-state index < -0.39 is 120 Å². The van der Waals surface area contributed by atoms with Crippen LogP contribution in [0.1, 0.15) is 88.3 Å². The zero-order valence-corrected chi connectivity index (χ0v) is 53.9. The molecule has 0 aliphatic carbocycles. The average Bonchev–Trinajstić information content (AvgIpc) is 1.64. The molecule has 0 fully saturated rings. The number of rotatable bonds is 41. The summed E-state index contributed by atoms with van der Waals surface area (Å²) in [4.78, 5) is 145. The summed E-state index contributed by atoms with van der Waals surface area (Å²) in [5.41, 5.74) is 48.7. The Bertz CT molecular complexity index is 3510. The molecule has 33 nitrogen and oxygen atoms in total. The standard InChI is InChI=1S/C63H93N21O12/c1-34(2)51(84-57(92)48(28-35-20-22-38(86)23-21-35)81-58(93)50(33-85)83-55(90)44(16-7-8-24-64)77-52(87)41(65)29-36-31-75-42-14-5-3-12-39(36)42)59(94)79-46(18-10-26-73-62(68)69)53(88)78-45(17-9-25-72-61(66)67)54(89)82-49(30-37-32-76-43-15-6-4-13-40(37)43)56(91)80-47(60(95)96)19-11-27-74-63(70)71/h3-6,12-15,20-23,31-32,34,41,44-51,75-76,85-86H,7-11,16-19,24-30,33,64-65H2,1-2H3,(H,77,87)(H,78,88)(H,79,94)(H,80,91)(H,81,93)(H,82,89)(H,83,90)(H,84,92)(H,95,96)(H4,66,67,72)(H4,68,69,73)(H4,70,71,74)/t41-,44-,45-,46-,47-,48-,49-,50-,51-/m0/s1. The minimum atomic E-state index is -1.70. The van der Waals surface area contributed by atoms with Crippen LogP contribution < -0.4 is 88.4 Å². The first kappa shape index (κ1) is 76.2. The summed E-state index contributed by atoms with van der Waals surface area (Å²) in [6.45, 7) is 2.51. The number of carbonyl (C=O) groups excluding carboxylic acids is 8. The van der Waals surface area contributed by atoms with E-state index in [4.69, 9.17) is 45.9 Å². The number of aliphatic hydroxyl groups is 1. The van der Waals surface area contributed by atoms with E-state index in [0.29, 0.717) is 34.9 Å². The number of nitrogens with one attached hydrogen (secondary N) is 10. The number of aliphatic imine (C=N–C) groups is 3. The molecule has 0 saturated carbocycles. The fraction of sp³-hybridized carbons (Fsp3) is 0.460. The third-order valence-corrected chi connectivity index (χ3v) is 15.6.